The highest BCUT2D eigenvalue weighted by Gasteiger charge is 2.35. The van der Waals surface area contributed by atoms with E-state index in [9.17, 15) is 17.6 Å². The molecule has 27 heavy (non-hydrogen) atoms. The van der Waals surface area contributed by atoms with Crippen LogP contribution in [0.25, 0.3) is 22.8 Å². The van der Waals surface area contributed by atoms with E-state index < -0.39 is 30.8 Å². The Morgan fingerprint density at radius 2 is 2.04 bits per heavy atom. The van der Waals surface area contributed by atoms with Gasteiger partial charge in [-0.15, -0.1) is 0 Å². The summed E-state index contributed by atoms with van der Waals surface area (Å²) in [6.07, 6.45) is -3.12. The van der Waals surface area contributed by atoms with Crippen molar-refractivity contribution in [1.29, 1.82) is 0 Å². The summed E-state index contributed by atoms with van der Waals surface area (Å²) in [5, 5.41) is 6.68. The second-order valence-corrected chi connectivity index (χ2v) is 5.32. The Balaban J connectivity index is 1.99. The second kappa shape index (κ2) is 7.60. The average Bonchev–Trinajstić information content (AvgIpc) is 3.15. The van der Waals surface area contributed by atoms with Gasteiger partial charge in [0.1, 0.15) is 24.8 Å². The van der Waals surface area contributed by atoms with Gasteiger partial charge in [-0.3, -0.25) is 0 Å². The minimum absolute atomic E-state index is 0.0589. The van der Waals surface area contributed by atoms with Gasteiger partial charge < -0.3 is 14.6 Å². The van der Waals surface area contributed by atoms with Crippen LogP contribution in [-0.4, -0.2) is 35.5 Å². The van der Waals surface area contributed by atoms with E-state index in [1.807, 2.05) is 0 Å². The lowest BCUT2D eigenvalue weighted by Gasteiger charge is -2.13. The van der Waals surface area contributed by atoms with Gasteiger partial charge in [0.05, 0.1) is 11.1 Å². The average molecular weight is 382 g/mol. The highest BCUT2D eigenvalue weighted by atomic mass is 19.4. The summed E-state index contributed by atoms with van der Waals surface area (Å²) in [4.78, 5) is 8.26. The number of rotatable bonds is 6. The molecule has 0 radical (unpaired) electrons. The lowest BCUT2D eigenvalue weighted by Crippen LogP contribution is -2.10. The first-order chi connectivity index (χ1) is 12.9. The van der Waals surface area contributed by atoms with Crippen LogP contribution in [0.1, 0.15) is 5.56 Å². The Morgan fingerprint density at radius 1 is 1.22 bits per heavy atom. The molecule has 0 aliphatic carbocycles. The van der Waals surface area contributed by atoms with Crippen LogP contribution in [0.3, 0.4) is 0 Å². The largest absolute Gasteiger partial charge is 0.490 e. The normalized spacial score (nSPS) is 11.4. The molecule has 0 unspecified atom stereocenters. The summed E-state index contributed by atoms with van der Waals surface area (Å²) in [6, 6.07) is 6.63. The molecular formula is C17H14F4N4O2. The molecule has 0 aliphatic rings. The van der Waals surface area contributed by atoms with Crippen LogP contribution in [0.15, 0.2) is 41.1 Å². The highest BCUT2D eigenvalue weighted by molar-refractivity contribution is 5.70. The number of alkyl halides is 4. The lowest BCUT2D eigenvalue weighted by molar-refractivity contribution is -0.138. The molecule has 10 heteroatoms. The molecule has 0 bridgehead atoms. The Labute approximate surface area is 151 Å². The maximum absolute atomic E-state index is 13.3. The van der Waals surface area contributed by atoms with E-state index in [1.54, 1.807) is 25.4 Å². The number of halogens is 4. The molecule has 0 saturated carbocycles. The number of ether oxygens (including phenoxy) is 1. The van der Waals surface area contributed by atoms with Crippen LogP contribution in [0.2, 0.25) is 0 Å². The Hall–Kier alpha value is -3.17. The topological polar surface area (TPSA) is 73.1 Å². The molecule has 3 aromatic rings. The van der Waals surface area contributed by atoms with Gasteiger partial charge in [-0.2, -0.15) is 18.2 Å². The van der Waals surface area contributed by atoms with E-state index in [0.717, 1.165) is 12.1 Å². The van der Waals surface area contributed by atoms with Crippen molar-refractivity contribution in [2.45, 2.75) is 6.18 Å². The van der Waals surface area contributed by atoms with Gasteiger partial charge in [0.15, 0.2) is 0 Å². The van der Waals surface area contributed by atoms with Crippen LogP contribution >= 0.6 is 0 Å². The van der Waals surface area contributed by atoms with Crippen LogP contribution in [0.5, 0.6) is 5.75 Å². The highest BCUT2D eigenvalue weighted by Crippen LogP contribution is 2.39. The van der Waals surface area contributed by atoms with E-state index in [1.165, 1.54) is 6.07 Å². The quantitative estimate of drug-likeness (QED) is 0.644. The SMILES string of the molecule is CNc1ncccc1-c1noc(-c2ccc(OCCF)c(C(F)(F)F)c2)n1. The van der Waals surface area contributed by atoms with Crippen molar-refractivity contribution >= 4 is 5.82 Å². The standard InChI is InChI=1S/C17H14F4N4O2/c1-22-14-11(3-2-7-23-14)15-24-16(27-25-15)10-4-5-13(26-8-6-18)12(9-10)17(19,20)21/h2-5,7,9H,6,8H2,1H3,(H,22,23). The molecule has 0 spiro atoms. The molecule has 3 rings (SSSR count). The number of hydrogen-bond donors (Lipinski definition) is 1. The number of benzene rings is 1. The van der Waals surface area contributed by atoms with Gasteiger partial charge in [-0.05, 0) is 30.3 Å². The molecular weight excluding hydrogens is 368 g/mol. The van der Waals surface area contributed by atoms with Gasteiger partial charge >= 0.3 is 6.18 Å². The fourth-order valence-electron chi connectivity index (χ4n) is 2.39. The summed E-state index contributed by atoms with van der Waals surface area (Å²) < 4.78 is 62.0. The number of anilines is 1. The zero-order chi connectivity index (χ0) is 19.4. The van der Waals surface area contributed by atoms with Gasteiger partial charge in [-0.1, -0.05) is 5.16 Å². The summed E-state index contributed by atoms with van der Waals surface area (Å²) in [5.41, 5.74) is -0.456. The third kappa shape index (κ3) is 3.99. The van der Waals surface area contributed by atoms with Crippen molar-refractivity contribution in [2.24, 2.45) is 0 Å². The first kappa shape index (κ1) is 18.6. The van der Waals surface area contributed by atoms with E-state index >= 15 is 0 Å². The van der Waals surface area contributed by atoms with Crippen molar-refractivity contribution in [3.8, 4) is 28.6 Å². The predicted molar refractivity (Wildman–Crippen MR) is 89.0 cm³/mol. The van der Waals surface area contributed by atoms with Gasteiger partial charge in [0.25, 0.3) is 5.89 Å². The fraction of sp³-hybridized carbons (Fsp3) is 0.235. The number of aromatic nitrogens is 3. The number of nitrogens with zero attached hydrogens (tertiary/aromatic N) is 3. The molecule has 0 saturated heterocycles. The van der Waals surface area contributed by atoms with Gasteiger partial charge in [0, 0.05) is 18.8 Å². The van der Waals surface area contributed by atoms with E-state index in [2.05, 4.69) is 20.4 Å². The van der Waals surface area contributed by atoms with Crippen molar-refractivity contribution in [1.82, 2.24) is 15.1 Å². The monoisotopic (exact) mass is 382 g/mol. The molecule has 142 valence electrons. The number of hydrogen-bond acceptors (Lipinski definition) is 6. The molecule has 2 aromatic heterocycles. The van der Waals surface area contributed by atoms with Gasteiger partial charge in [0.2, 0.25) is 5.82 Å². The minimum atomic E-state index is -4.69. The zero-order valence-corrected chi connectivity index (χ0v) is 14.0. The minimum Gasteiger partial charge on any atom is -0.490 e. The van der Waals surface area contributed by atoms with Crippen LogP contribution < -0.4 is 10.1 Å². The van der Waals surface area contributed by atoms with Crippen LogP contribution in [0.4, 0.5) is 23.4 Å². The molecule has 6 nitrogen and oxygen atoms in total. The Kier molecular flexibility index (Phi) is 5.24. The van der Waals surface area contributed by atoms with Crippen molar-refractivity contribution in [2.75, 3.05) is 25.6 Å². The van der Waals surface area contributed by atoms with Crippen molar-refractivity contribution < 1.29 is 26.8 Å². The van der Waals surface area contributed by atoms with Crippen LogP contribution in [-0.2, 0) is 6.18 Å². The zero-order valence-electron chi connectivity index (χ0n) is 14.0. The summed E-state index contributed by atoms with van der Waals surface area (Å²) >= 11 is 0. The maximum atomic E-state index is 13.3. The second-order valence-electron chi connectivity index (χ2n) is 5.32. The molecule has 1 N–H and O–H groups in total. The van der Waals surface area contributed by atoms with Crippen molar-refractivity contribution in [3.05, 3.63) is 42.1 Å². The Bertz CT molecular complexity index is 927. The number of nitrogens with one attached hydrogen (secondary N) is 1. The third-order valence-corrected chi connectivity index (χ3v) is 3.58. The van der Waals surface area contributed by atoms with Crippen molar-refractivity contribution in [3.63, 3.8) is 0 Å². The maximum Gasteiger partial charge on any atom is 0.419 e. The molecule has 0 fully saturated rings. The molecule has 0 atom stereocenters. The van der Waals surface area contributed by atoms with Gasteiger partial charge in [-0.25, -0.2) is 9.37 Å². The summed E-state index contributed by atoms with van der Waals surface area (Å²) in [7, 11) is 1.67. The number of pyridine rings is 1. The third-order valence-electron chi connectivity index (χ3n) is 3.58. The molecule has 1 aromatic carbocycles. The van der Waals surface area contributed by atoms with E-state index in [-0.39, 0.29) is 17.3 Å². The molecule has 0 aliphatic heterocycles. The first-order valence-corrected chi connectivity index (χ1v) is 7.81. The fourth-order valence-corrected chi connectivity index (χ4v) is 2.39. The van der Waals surface area contributed by atoms with E-state index in [4.69, 9.17) is 9.26 Å². The van der Waals surface area contributed by atoms with Crippen LogP contribution in [0, 0.1) is 0 Å². The lowest BCUT2D eigenvalue weighted by atomic mass is 10.1. The molecule has 0 amide bonds. The summed E-state index contributed by atoms with van der Waals surface area (Å²) in [5.74, 6) is 0.108. The van der Waals surface area contributed by atoms with E-state index in [0.29, 0.717) is 11.4 Å². The molecule has 2 heterocycles. The first-order valence-electron chi connectivity index (χ1n) is 7.81. The Morgan fingerprint density at radius 3 is 2.74 bits per heavy atom. The predicted octanol–water partition coefficient (Wildman–Crippen LogP) is 4.21. The summed E-state index contributed by atoms with van der Waals surface area (Å²) in [6.45, 7) is -1.37. The smallest absolute Gasteiger partial charge is 0.419 e.